The molecule has 2 fully saturated rings. The molecular formula is C23H30F3N3O4. The molecule has 2 amide bonds. The molecule has 33 heavy (non-hydrogen) atoms. The summed E-state index contributed by atoms with van der Waals surface area (Å²) in [6, 6.07) is 5.01. The Hall–Kier alpha value is -2.62. The van der Waals surface area contributed by atoms with Gasteiger partial charge in [-0.25, -0.2) is 0 Å². The lowest BCUT2D eigenvalue weighted by molar-refractivity contribution is -0.274. The van der Waals surface area contributed by atoms with E-state index < -0.39 is 18.0 Å². The predicted octanol–water partition coefficient (Wildman–Crippen LogP) is 2.76. The minimum Gasteiger partial charge on any atom is -0.406 e. The SMILES string of the molecule is O=CCC(C(=O)NCCN1CCC(CNC(=O)c2cccc(OC(F)(F)F)c2)CC1)C1CC1. The number of halogens is 3. The lowest BCUT2D eigenvalue weighted by atomic mass is 9.96. The molecule has 1 heterocycles. The molecule has 1 unspecified atom stereocenters. The summed E-state index contributed by atoms with van der Waals surface area (Å²) in [5.74, 6) is -0.468. The Morgan fingerprint density at radius 1 is 1.15 bits per heavy atom. The number of carbonyl (C=O) groups is 3. The lowest BCUT2D eigenvalue weighted by Crippen LogP contribution is -2.43. The number of aldehydes is 1. The van der Waals surface area contributed by atoms with Gasteiger partial charge in [-0.15, -0.1) is 13.2 Å². The third-order valence-electron chi connectivity index (χ3n) is 6.19. The predicted molar refractivity (Wildman–Crippen MR) is 115 cm³/mol. The number of nitrogens with one attached hydrogen (secondary N) is 2. The fraction of sp³-hybridized carbons (Fsp3) is 0.609. The van der Waals surface area contributed by atoms with Crippen molar-refractivity contribution >= 4 is 18.1 Å². The normalized spacial score (nSPS) is 18.4. The van der Waals surface area contributed by atoms with E-state index in [2.05, 4.69) is 20.3 Å². The second kappa shape index (κ2) is 11.5. The van der Waals surface area contributed by atoms with Gasteiger partial charge in [0.25, 0.3) is 5.91 Å². The van der Waals surface area contributed by atoms with Gasteiger partial charge in [0.1, 0.15) is 12.0 Å². The van der Waals surface area contributed by atoms with Crippen LogP contribution < -0.4 is 15.4 Å². The van der Waals surface area contributed by atoms with Gasteiger partial charge in [0.05, 0.1) is 0 Å². The molecular weight excluding hydrogens is 439 g/mol. The number of likely N-dealkylation sites (tertiary alicyclic amines) is 1. The highest BCUT2D eigenvalue weighted by molar-refractivity contribution is 5.94. The van der Waals surface area contributed by atoms with E-state index in [0.717, 1.165) is 63.7 Å². The first-order valence-corrected chi connectivity index (χ1v) is 11.3. The molecule has 0 spiro atoms. The van der Waals surface area contributed by atoms with Crippen LogP contribution in [0.25, 0.3) is 0 Å². The van der Waals surface area contributed by atoms with Crippen LogP contribution in [0.4, 0.5) is 13.2 Å². The van der Waals surface area contributed by atoms with Crippen LogP contribution in [-0.2, 0) is 9.59 Å². The highest BCUT2D eigenvalue weighted by Gasteiger charge is 2.35. The average Bonchev–Trinajstić information content (AvgIpc) is 3.61. The van der Waals surface area contributed by atoms with Gasteiger partial charge in [-0.3, -0.25) is 9.59 Å². The average molecular weight is 470 g/mol. The molecule has 1 aromatic carbocycles. The number of nitrogens with zero attached hydrogens (tertiary/aromatic N) is 1. The van der Waals surface area contributed by atoms with Gasteiger partial charge in [-0.1, -0.05) is 6.07 Å². The monoisotopic (exact) mass is 469 g/mol. The smallest absolute Gasteiger partial charge is 0.406 e. The van der Waals surface area contributed by atoms with E-state index in [1.54, 1.807) is 0 Å². The van der Waals surface area contributed by atoms with E-state index >= 15 is 0 Å². The second-order valence-corrected chi connectivity index (χ2v) is 8.71. The van der Waals surface area contributed by atoms with Gasteiger partial charge in [0.2, 0.25) is 5.91 Å². The van der Waals surface area contributed by atoms with Crippen molar-refractivity contribution in [3.63, 3.8) is 0 Å². The summed E-state index contributed by atoms with van der Waals surface area (Å²) < 4.78 is 40.9. The van der Waals surface area contributed by atoms with Gasteiger partial charge in [0, 0.05) is 37.5 Å². The number of carbonyl (C=O) groups excluding carboxylic acids is 3. The number of piperidine rings is 1. The van der Waals surface area contributed by atoms with Crippen molar-refractivity contribution in [2.24, 2.45) is 17.8 Å². The van der Waals surface area contributed by atoms with Crippen LogP contribution in [0.15, 0.2) is 24.3 Å². The first-order chi connectivity index (χ1) is 15.7. The van der Waals surface area contributed by atoms with Crippen molar-refractivity contribution in [3.05, 3.63) is 29.8 Å². The van der Waals surface area contributed by atoms with Gasteiger partial charge in [-0.2, -0.15) is 0 Å². The van der Waals surface area contributed by atoms with Crippen molar-refractivity contribution in [1.29, 1.82) is 0 Å². The quantitative estimate of drug-likeness (QED) is 0.487. The fourth-order valence-electron chi connectivity index (χ4n) is 4.17. The number of hydrogen-bond acceptors (Lipinski definition) is 5. The lowest BCUT2D eigenvalue weighted by Gasteiger charge is -2.32. The Morgan fingerprint density at radius 2 is 1.88 bits per heavy atom. The minimum atomic E-state index is -4.81. The molecule has 1 atom stereocenters. The maximum absolute atomic E-state index is 12.4. The molecule has 0 radical (unpaired) electrons. The molecule has 1 aliphatic heterocycles. The largest absolute Gasteiger partial charge is 0.573 e. The number of rotatable bonds is 11. The van der Waals surface area contributed by atoms with Crippen LogP contribution >= 0.6 is 0 Å². The number of alkyl halides is 3. The Morgan fingerprint density at radius 3 is 2.52 bits per heavy atom. The Labute approximate surface area is 191 Å². The highest BCUT2D eigenvalue weighted by Crippen LogP contribution is 2.38. The van der Waals surface area contributed by atoms with Gasteiger partial charge in [0.15, 0.2) is 0 Å². The van der Waals surface area contributed by atoms with Crippen LogP contribution in [0, 0.1) is 17.8 Å². The molecule has 2 aliphatic rings. The first kappa shape index (κ1) is 25.0. The summed E-state index contributed by atoms with van der Waals surface area (Å²) in [5, 5.41) is 5.74. The van der Waals surface area contributed by atoms with E-state index in [1.807, 2.05) is 0 Å². The van der Waals surface area contributed by atoms with Crippen LogP contribution in [0.1, 0.15) is 42.5 Å². The van der Waals surface area contributed by atoms with E-state index in [-0.39, 0.29) is 29.7 Å². The highest BCUT2D eigenvalue weighted by atomic mass is 19.4. The summed E-state index contributed by atoms with van der Waals surface area (Å²) in [6.07, 6.45) is 0.0841. The standard InChI is InChI=1S/C23H30F3N3O4/c24-23(25,26)33-19-3-1-2-18(14-19)21(31)28-15-16-6-10-29(11-7-16)12-9-27-22(32)20(8-13-30)17-4-5-17/h1-3,13-14,16-17,20H,4-12,15H2,(H,27,32)(H,28,31). The zero-order valence-electron chi connectivity index (χ0n) is 18.4. The van der Waals surface area contributed by atoms with Gasteiger partial charge >= 0.3 is 6.36 Å². The topological polar surface area (TPSA) is 87.7 Å². The summed E-state index contributed by atoms with van der Waals surface area (Å²) in [7, 11) is 0. The number of hydrogen-bond donors (Lipinski definition) is 2. The summed E-state index contributed by atoms with van der Waals surface area (Å²) in [6.45, 7) is 3.40. The Bertz CT molecular complexity index is 821. The summed E-state index contributed by atoms with van der Waals surface area (Å²) in [5.41, 5.74) is 0.115. The van der Waals surface area contributed by atoms with E-state index in [0.29, 0.717) is 19.0 Å². The van der Waals surface area contributed by atoms with Crippen LogP contribution in [0.3, 0.4) is 0 Å². The third-order valence-corrected chi connectivity index (χ3v) is 6.19. The van der Waals surface area contributed by atoms with Crippen LogP contribution in [-0.4, -0.2) is 62.1 Å². The molecule has 1 saturated heterocycles. The first-order valence-electron chi connectivity index (χ1n) is 11.3. The Kier molecular flexibility index (Phi) is 8.71. The van der Waals surface area contributed by atoms with Crippen LogP contribution in [0.5, 0.6) is 5.75 Å². The van der Waals surface area contributed by atoms with E-state index in [9.17, 15) is 27.6 Å². The maximum atomic E-state index is 12.4. The third kappa shape index (κ3) is 8.34. The van der Waals surface area contributed by atoms with Crippen molar-refractivity contribution in [1.82, 2.24) is 15.5 Å². The van der Waals surface area contributed by atoms with Gasteiger partial charge < -0.3 is 25.1 Å². The summed E-state index contributed by atoms with van der Waals surface area (Å²) in [4.78, 5) is 37.6. The molecule has 182 valence electrons. The zero-order chi connectivity index (χ0) is 23.8. The van der Waals surface area contributed by atoms with Crippen LogP contribution in [0.2, 0.25) is 0 Å². The molecule has 0 aromatic heterocycles. The summed E-state index contributed by atoms with van der Waals surface area (Å²) >= 11 is 0. The molecule has 7 nitrogen and oxygen atoms in total. The number of amides is 2. The van der Waals surface area contributed by atoms with E-state index in [1.165, 1.54) is 12.1 Å². The second-order valence-electron chi connectivity index (χ2n) is 8.71. The maximum Gasteiger partial charge on any atom is 0.573 e. The Balaban J connectivity index is 1.33. The molecule has 10 heteroatoms. The molecule has 1 aromatic rings. The molecule has 2 N–H and O–H groups in total. The van der Waals surface area contributed by atoms with Crippen molar-refractivity contribution in [2.45, 2.75) is 38.5 Å². The molecule has 3 rings (SSSR count). The van der Waals surface area contributed by atoms with Crippen molar-refractivity contribution in [2.75, 3.05) is 32.7 Å². The van der Waals surface area contributed by atoms with E-state index in [4.69, 9.17) is 0 Å². The number of ether oxygens (including phenoxy) is 1. The minimum absolute atomic E-state index is 0.0353. The molecule has 0 bridgehead atoms. The number of benzene rings is 1. The van der Waals surface area contributed by atoms with Gasteiger partial charge in [-0.05, 0) is 68.8 Å². The molecule has 1 aliphatic carbocycles. The fourth-order valence-corrected chi connectivity index (χ4v) is 4.17. The molecule has 1 saturated carbocycles. The van der Waals surface area contributed by atoms with Crippen molar-refractivity contribution < 1.29 is 32.3 Å². The van der Waals surface area contributed by atoms with Crippen molar-refractivity contribution in [3.8, 4) is 5.75 Å². The zero-order valence-corrected chi connectivity index (χ0v) is 18.4.